The highest BCUT2D eigenvalue weighted by atomic mass is 32.1. The molecule has 0 spiro atoms. The lowest BCUT2D eigenvalue weighted by Gasteiger charge is -2.48. The molecule has 6 aliphatic carbocycles. The van der Waals surface area contributed by atoms with Gasteiger partial charge in [0.15, 0.2) is 0 Å². The molecule has 2 atom stereocenters. The molecule has 8 heteroatoms. The van der Waals surface area contributed by atoms with Crippen molar-refractivity contribution in [2.75, 3.05) is 19.6 Å². The topological polar surface area (TPSA) is 13.0 Å². The van der Waals surface area contributed by atoms with Crippen LogP contribution in [0.2, 0.25) is 0 Å². The van der Waals surface area contributed by atoms with E-state index in [1.54, 1.807) is 16.7 Å². The minimum absolute atomic E-state index is 0.00333. The Hall–Kier alpha value is -10.1. The molecule has 14 aromatic rings. The van der Waals surface area contributed by atoms with E-state index in [9.17, 15) is 0 Å². The van der Waals surface area contributed by atoms with Crippen molar-refractivity contribution in [1.82, 2.24) is 0 Å². The Kier molecular flexibility index (Phi) is 19.3. The van der Waals surface area contributed by atoms with Crippen LogP contribution in [0.25, 0.3) is 42.4 Å². The molecule has 10 aliphatic rings. The summed E-state index contributed by atoms with van der Waals surface area (Å²) < 4.78 is 5.78. The summed E-state index contributed by atoms with van der Waals surface area (Å²) in [5, 5.41) is 2.81. The molecule has 2 aromatic heterocycles. The molecule has 0 N–H and O–H groups in total. The number of hydrogen-bond donors (Lipinski definition) is 0. The lowest BCUT2D eigenvalue weighted by molar-refractivity contribution is 0.238. The van der Waals surface area contributed by atoms with Gasteiger partial charge in [0.2, 0.25) is 0 Å². The van der Waals surface area contributed by atoms with Crippen molar-refractivity contribution in [2.45, 2.75) is 342 Å². The summed E-state index contributed by atoms with van der Waals surface area (Å²) in [7, 11) is 0. The Morgan fingerprint density at radius 1 is 0.248 bits per heavy atom. The molecular formula is C129H142B2N4S2. The Labute approximate surface area is 828 Å². The van der Waals surface area contributed by atoms with Gasteiger partial charge in [0, 0.05) is 86.4 Å². The largest absolute Gasteiger partial charge is 0.311 e. The summed E-state index contributed by atoms with van der Waals surface area (Å²) in [6, 6.07) is 83.3. The summed E-state index contributed by atoms with van der Waals surface area (Å²) >= 11 is 4.25. The van der Waals surface area contributed by atoms with Crippen LogP contribution in [-0.4, -0.2) is 13.4 Å². The van der Waals surface area contributed by atoms with Crippen LogP contribution in [0.5, 0.6) is 0 Å². The standard InChI is InChI=1S/C129H142B2N4S2/c1-75-36-39-80(40-37-75)84-43-38-76(2)60-103(84)135-105-72-96-94(123(16,17)50-52-125(96,20)21)70-101(105)131-113-107(62-78(4)64-109(113)135)133(114-86-67-91-97(73-110(86)136-116(114)131)126(22,23)53-48-121(91,12)13)82-42-45-89-98(66-82)128(26,56-54-119(89,8)9)58-59-129(27)57-55-127(24,25)92-68-87-111(74-99(92)129)137-117-115(87)132(81-41-44-88-90(65-81)120(10,11)47-46-118(88,6)7)106-61-77(3)63-108-112(106)130(117)100-69-93-95(124(18,19)51-49-122(93,14)15)71-104(100)134(108)102-35-31-30-34-85(102)83-33-29-28-32-79(83)5/h28-45,60-74H,46-59H2,1-27H3. The van der Waals surface area contributed by atoms with Crippen LogP contribution in [0.3, 0.4) is 0 Å². The number of aryl methyl sites for hydroxylation is 5. The van der Waals surface area contributed by atoms with E-state index in [4.69, 9.17) is 0 Å². The maximum Gasteiger partial charge on any atom is 0.264 e. The van der Waals surface area contributed by atoms with E-state index in [1.165, 1.54) is 233 Å². The van der Waals surface area contributed by atoms with Crippen LogP contribution in [-0.2, 0) is 65.0 Å². The number of anilines is 12. The third-order valence-electron chi connectivity index (χ3n) is 38.0. The molecular weight excluding hydrogens is 1690 g/mol. The van der Waals surface area contributed by atoms with Gasteiger partial charge in [0.1, 0.15) is 0 Å². The smallest absolute Gasteiger partial charge is 0.264 e. The molecule has 137 heavy (non-hydrogen) atoms. The van der Waals surface area contributed by atoms with Gasteiger partial charge >= 0.3 is 0 Å². The number of hydrogen-bond acceptors (Lipinski definition) is 6. The van der Waals surface area contributed by atoms with Crippen LogP contribution in [0.1, 0.15) is 337 Å². The van der Waals surface area contributed by atoms with E-state index >= 15 is 0 Å². The highest BCUT2D eigenvalue weighted by molar-refractivity contribution is 7.34. The molecule has 696 valence electrons. The number of rotatable bonds is 9. The van der Waals surface area contributed by atoms with Crippen LogP contribution in [0, 0.1) is 34.6 Å². The number of fused-ring (bicyclic) bond motifs is 18. The molecule has 4 aliphatic heterocycles. The first-order valence-electron chi connectivity index (χ1n) is 52.3. The summed E-state index contributed by atoms with van der Waals surface area (Å²) in [6.45, 7) is 67.8. The molecule has 0 bridgehead atoms. The van der Waals surface area contributed by atoms with Crippen molar-refractivity contribution in [3.8, 4) is 22.3 Å². The third-order valence-corrected chi connectivity index (χ3v) is 40.4. The molecule has 0 radical (unpaired) electrons. The quantitative estimate of drug-likeness (QED) is 0.134. The number of thiophene rings is 2. The molecule has 4 nitrogen and oxygen atoms in total. The van der Waals surface area contributed by atoms with E-state index < -0.39 is 0 Å². The van der Waals surface area contributed by atoms with Gasteiger partial charge in [-0.05, 0) is 409 Å². The van der Waals surface area contributed by atoms with Crippen molar-refractivity contribution >= 4 is 156 Å². The zero-order chi connectivity index (χ0) is 95.9. The highest BCUT2D eigenvalue weighted by Crippen LogP contribution is 2.63. The van der Waals surface area contributed by atoms with Crippen molar-refractivity contribution in [3.63, 3.8) is 0 Å². The second-order valence-corrected chi connectivity index (χ2v) is 54.3. The van der Waals surface area contributed by atoms with Gasteiger partial charge in [0.25, 0.3) is 13.4 Å². The van der Waals surface area contributed by atoms with Gasteiger partial charge in [-0.2, -0.15) is 0 Å². The molecule has 12 aromatic carbocycles. The first-order chi connectivity index (χ1) is 64.6. The average Bonchev–Trinajstić information content (AvgIpc) is 1.63. The summed E-state index contributed by atoms with van der Waals surface area (Å²) in [5.74, 6) is 0. The van der Waals surface area contributed by atoms with Crippen molar-refractivity contribution in [1.29, 1.82) is 0 Å². The highest BCUT2D eigenvalue weighted by Gasteiger charge is 2.55. The second kappa shape index (κ2) is 29.5. The summed E-state index contributed by atoms with van der Waals surface area (Å²) in [6.07, 6.45) is 16.0. The molecule has 6 heterocycles. The van der Waals surface area contributed by atoms with Gasteiger partial charge in [-0.15, -0.1) is 22.7 Å². The van der Waals surface area contributed by atoms with Crippen LogP contribution < -0.4 is 51.0 Å². The van der Waals surface area contributed by atoms with Gasteiger partial charge < -0.3 is 19.6 Å². The van der Waals surface area contributed by atoms with E-state index in [2.05, 4.69) is 429 Å². The predicted molar refractivity (Wildman–Crippen MR) is 596 cm³/mol. The van der Waals surface area contributed by atoms with Gasteiger partial charge in [-0.25, -0.2) is 0 Å². The average molecular weight is 1830 g/mol. The maximum atomic E-state index is 2.86. The van der Waals surface area contributed by atoms with E-state index in [1.807, 2.05) is 0 Å². The van der Waals surface area contributed by atoms with Crippen LogP contribution >= 0.6 is 22.7 Å². The molecule has 24 rings (SSSR count). The van der Waals surface area contributed by atoms with E-state index in [0.29, 0.717) is 0 Å². The van der Waals surface area contributed by atoms with Gasteiger partial charge in [0.05, 0.1) is 22.7 Å². The predicted octanol–water partition coefficient (Wildman–Crippen LogP) is 32.7. The van der Waals surface area contributed by atoms with Gasteiger partial charge in [-0.1, -0.05) is 261 Å². The van der Waals surface area contributed by atoms with E-state index in [0.717, 1.165) is 77.0 Å². The third kappa shape index (κ3) is 13.2. The van der Waals surface area contributed by atoms with Crippen molar-refractivity contribution in [3.05, 3.63) is 295 Å². The number of benzene rings is 12. The van der Waals surface area contributed by atoms with Crippen LogP contribution in [0.4, 0.5) is 68.2 Å². The first-order valence-corrected chi connectivity index (χ1v) is 53.9. The molecule has 0 saturated carbocycles. The zero-order valence-corrected chi connectivity index (χ0v) is 88.8. The maximum absolute atomic E-state index is 2.86. The number of nitrogens with zero attached hydrogens (tertiary/aromatic N) is 4. The zero-order valence-electron chi connectivity index (χ0n) is 87.2. The molecule has 0 amide bonds. The second-order valence-electron chi connectivity index (χ2n) is 52.1. The van der Waals surface area contributed by atoms with Crippen molar-refractivity contribution < 1.29 is 0 Å². The Morgan fingerprint density at radius 3 is 1.04 bits per heavy atom. The monoisotopic (exact) mass is 1830 g/mol. The Balaban J connectivity index is 0.691. The summed E-state index contributed by atoms with van der Waals surface area (Å²) in [5.41, 5.74) is 50.8. The molecule has 0 fully saturated rings. The normalized spacial score (nSPS) is 21.9. The SMILES string of the molecule is Cc1ccc(-c2ccc(C)cc2N2c3cc4c(cc3B3c5sc6cc7c(cc6c5N(c5ccc6c(c5)C(C)(CCC5(C)CCC(C)(C)c8cc9c%10c(sc9cc85)B5c8cc9c(cc8N(c8ccccc8-c8ccccc8C)c8cc(C)cc(c85)N%10c5ccc8c(c5)C(C)(C)CCC8(C)C)C(C)(C)CCC9(C)C)CCC6(C)C)c5cc(C)cc2c53)C(C)(C)CCC7(C)C)C(C)(C)CCC4(C)C)cc1. The minimum Gasteiger partial charge on any atom is -0.311 e. The lowest BCUT2D eigenvalue weighted by Crippen LogP contribution is -2.61. The molecule has 0 saturated heterocycles. The Bertz CT molecular complexity index is 7570. The first kappa shape index (κ1) is 89.5. The fraction of sp³-hybridized carbons (Fsp3) is 0.411. The Morgan fingerprint density at radius 2 is 0.584 bits per heavy atom. The van der Waals surface area contributed by atoms with E-state index in [-0.39, 0.29) is 78.4 Å². The summed E-state index contributed by atoms with van der Waals surface area (Å²) in [4.78, 5) is 11.2. The molecule has 2 unspecified atom stereocenters. The van der Waals surface area contributed by atoms with Crippen LogP contribution in [0.15, 0.2) is 200 Å². The number of para-hydroxylation sites is 1. The fourth-order valence-corrected chi connectivity index (χ4v) is 31.1. The van der Waals surface area contributed by atoms with Gasteiger partial charge in [-0.3, -0.25) is 0 Å². The van der Waals surface area contributed by atoms with Crippen molar-refractivity contribution in [2.24, 2.45) is 0 Å². The fourth-order valence-electron chi connectivity index (χ4n) is 28.4. The lowest BCUT2D eigenvalue weighted by atomic mass is 9.35. The minimum atomic E-state index is -0.138.